The van der Waals surface area contributed by atoms with Crippen LogP contribution in [0.15, 0.2) is 28.7 Å². The summed E-state index contributed by atoms with van der Waals surface area (Å²) in [5.74, 6) is 0. The maximum absolute atomic E-state index is 3.47. The Labute approximate surface area is 101 Å². The van der Waals surface area contributed by atoms with Crippen LogP contribution in [0, 0.1) is 0 Å². The number of likely N-dealkylation sites (tertiary alicyclic amines) is 1. The molecule has 1 atom stereocenters. The largest absolute Gasteiger partial charge is 0.300 e. The molecule has 1 aromatic carbocycles. The van der Waals surface area contributed by atoms with Gasteiger partial charge in [-0.05, 0) is 57.0 Å². The summed E-state index contributed by atoms with van der Waals surface area (Å²) in [5, 5.41) is 0. The summed E-state index contributed by atoms with van der Waals surface area (Å²) in [6.07, 6.45) is 3.93. The molecular formula is C13H18BrN. The normalized spacial score (nSPS) is 19.3. The van der Waals surface area contributed by atoms with Gasteiger partial charge < -0.3 is 4.90 Å². The number of hydrogen-bond donors (Lipinski definition) is 0. The van der Waals surface area contributed by atoms with Crippen LogP contribution in [0.3, 0.4) is 0 Å². The maximum Gasteiger partial charge on any atom is 0.0175 e. The molecule has 0 aliphatic carbocycles. The van der Waals surface area contributed by atoms with Crippen molar-refractivity contribution in [3.63, 3.8) is 0 Å². The van der Waals surface area contributed by atoms with Crippen LogP contribution in [0.2, 0.25) is 0 Å². The predicted octanol–water partition coefficient (Wildman–Crippen LogP) is 3.48. The van der Waals surface area contributed by atoms with Gasteiger partial charge in [0.1, 0.15) is 0 Å². The lowest BCUT2D eigenvalue weighted by molar-refractivity contribution is 0.257. The van der Waals surface area contributed by atoms with Crippen molar-refractivity contribution in [3.05, 3.63) is 34.3 Å². The summed E-state index contributed by atoms with van der Waals surface area (Å²) in [6, 6.07) is 9.39. The van der Waals surface area contributed by atoms with E-state index in [1.807, 2.05) is 0 Å². The van der Waals surface area contributed by atoms with Gasteiger partial charge in [-0.25, -0.2) is 0 Å². The molecular weight excluding hydrogens is 250 g/mol. The minimum absolute atomic E-state index is 0.689. The van der Waals surface area contributed by atoms with E-state index in [2.05, 4.69) is 52.0 Å². The summed E-state index contributed by atoms with van der Waals surface area (Å²) in [4.78, 5) is 2.60. The Balaban J connectivity index is 1.92. The molecule has 0 radical (unpaired) electrons. The summed E-state index contributed by atoms with van der Waals surface area (Å²) in [6.45, 7) is 4.92. The van der Waals surface area contributed by atoms with Gasteiger partial charge in [-0.15, -0.1) is 0 Å². The number of hydrogen-bond acceptors (Lipinski definition) is 1. The first-order valence-electron chi connectivity index (χ1n) is 5.74. The van der Waals surface area contributed by atoms with E-state index >= 15 is 0 Å². The second kappa shape index (κ2) is 5.13. The second-order valence-electron chi connectivity index (χ2n) is 4.42. The Morgan fingerprint density at radius 1 is 1.20 bits per heavy atom. The average Bonchev–Trinajstić information content (AvgIpc) is 2.74. The smallest absolute Gasteiger partial charge is 0.0175 e. The summed E-state index contributed by atoms with van der Waals surface area (Å²) >= 11 is 3.47. The van der Waals surface area contributed by atoms with Gasteiger partial charge in [-0.3, -0.25) is 0 Å². The lowest BCUT2D eigenvalue weighted by Gasteiger charge is -2.23. The molecule has 0 saturated carbocycles. The zero-order valence-electron chi connectivity index (χ0n) is 9.25. The van der Waals surface area contributed by atoms with Gasteiger partial charge in [0.25, 0.3) is 0 Å². The Kier molecular flexibility index (Phi) is 3.81. The fraction of sp³-hybridized carbons (Fsp3) is 0.538. The predicted molar refractivity (Wildman–Crippen MR) is 68.1 cm³/mol. The zero-order chi connectivity index (χ0) is 10.7. The highest BCUT2D eigenvalue weighted by atomic mass is 79.9. The lowest BCUT2D eigenvalue weighted by atomic mass is 10.1. The van der Waals surface area contributed by atoms with Crippen LogP contribution in [-0.2, 0) is 6.42 Å². The molecule has 1 saturated heterocycles. The van der Waals surface area contributed by atoms with Crippen molar-refractivity contribution in [1.29, 1.82) is 0 Å². The van der Waals surface area contributed by atoms with Gasteiger partial charge in [0.2, 0.25) is 0 Å². The highest BCUT2D eigenvalue weighted by Gasteiger charge is 2.17. The lowest BCUT2D eigenvalue weighted by Crippen LogP contribution is -2.31. The van der Waals surface area contributed by atoms with Crippen molar-refractivity contribution < 1.29 is 0 Å². The molecule has 1 aliphatic heterocycles. The first-order valence-corrected chi connectivity index (χ1v) is 6.53. The van der Waals surface area contributed by atoms with Crippen molar-refractivity contribution in [3.8, 4) is 0 Å². The number of halogens is 1. The Morgan fingerprint density at radius 2 is 1.80 bits per heavy atom. The Hall–Kier alpha value is -0.340. The van der Waals surface area contributed by atoms with Crippen LogP contribution in [0.1, 0.15) is 25.3 Å². The van der Waals surface area contributed by atoms with E-state index in [1.54, 1.807) is 0 Å². The van der Waals surface area contributed by atoms with E-state index in [0.717, 1.165) is 0 Å². The molecule has 1 fully saturated rings. The molecule has 1 aliphatic rings. The van der Waals surface area contributed by atoms with Gasteiger partial charge in [0, 0.05) is 10.5 Å². The number of nitrogens with zero attached hydrogens (tertiary/aromatic N) is 1. The fourth-order valence-corrected chi connectivity index (χ4v) is 2.54. The van der Waals surface area contributed by atoms with E-state index in [9.17, 15) is 0 Å². The van der Waals surface area contributed by atoms with E-state index in [1.165, 1.54) is 42.4 Å². The van der Waals surface area contributed by atoms with Crippen molar-refractivity contribution in [1.82, 2.24) is 4.90 Å². The highest BCUT2D eigenvalue weighted by Crippen LogP contribution is 2.17. The molecule has 0 N–H and O–H groups in total. The van der Waals surface area contributed by atoms with E-state index in [-0.39, 0.29) is 0 Å². The van der Waals surface area contributed by atoms with Crippen molar-refractivity contribution >= 4 is 15.9 Å². The minimum Gasteiger partial charge on any atom is -0.300 e. The van der Waals surface area contributed by atoms with Crippen LogP contribution in [0.5, 0.6) is 0 Å². The van der Waals surface area contributed by atoms with Gasteiger partial charge in [0.05, 0.1) is 0 Å². The molecule has 2 rings (SSSR count). The van der Waals surface area contributed by atoms with Crippen LogP contribution in [-0.4, -0.2) is 24.0 Å². The topological polar surface area (TPSA) is 3.24 Å². The van der Waals surface area contributed by atoms with Crippen molar-refractivity contribution in [2.75, 3.05) is 13.1 Å². The van der Waals surface area contributed by atoms with E-state index in [0.29, 0.717) is 6.04 Å². The van der Waals surface area contributed by atoms with Gasteiger partial charge in [-0.2, -0.15) is 0 Å². The van der Waals surface area contributed by atoms with Crippen LogP contribution in [0.4, 0.5) is 0 Å². The quantitative estimate of drug-likeness (QED) is 0.811. The molecule has 82 valence electrons. The van der Waals surface area contributed by atoms with Crippen molar-refractivity contribution in [2.45, 2.75) is 32.2 Å². The maximum atomic E-state index is 3.47. The second-order valence-corrected chi connectivity index (χ2v) is 5.34. The molecule has 0 spiro atoms. The molecule has 1 unspecified atom stereocenters. The zero-order valence-corrected chi connectivity index (χ0v) is 10.8. The molecule has 1 nitrogen and oxygen atoms in total. The highest BCUT2D eigenvalue weighted by molar-refractivity contribution is 9.10. The minimum atomic E-state index is 0.689. The van der Waals surface area contributed by atoms with Crippen molar-refractivity contribution in [2.24, 2.45) is 0 Å². The third kappa shape index (κ3) is 3.05. The summed E-state index contributed by atoms with van der Waals surface area (Å²) in [5.41, 5.74) is 1.44. The Bertz CT molecular complexity index is 301. The third-order valence-electron chi connectivity index (χ3n) is 3.21. The SMILES string of the molecule is CC(Cc1ccc(Br)cc1)N1CCCC1. The summed E-state index contributed by atoms with van der Waals surface area (Å²) in [7, 11) is 0. The third-order valence-corrected chi connectivity index (χ3v) is 3.74. The van der Waals surface area contributed by atoms with Gasteiger partial charge in [0.15, 0.2) is 0 Å². The first kappa shape index (κ1) is 11.2. The standard InChI is InChI=1S/C13H18BrN/c1-11(15-8-2-3-9-15)10-12-4-6-13(14)7-5-12/h4-7,11H,2-3,8-10H2,1H3. The van der Waals surface area contributed by atoms with E-state index in [4.69, 9.17) is 0 Å². The Morgan fingerprint density at radius 3 is 2.40 bits per heavy atom. The van der Waals surface area contributed by atoms with Crippen LogP contribution >= 0.6 is 15.9 Å². The molecule has 0 aromatic heterocycles. The monoisotopic (exact) mass is 267 g/mol. The van der Waals surface area contributed by atoms with Gasteiger partial charge >= 0.3 is 0 Å². The molecule has 0 amide bonds. The molecule has 1 aromatic rings. The average molecular weight is 268 g/mol. The molecule has 0 bridgehead atoms. The van der Waals surface area contributed by atoms with Gasteiger partial charge in [-0.1, -0.05) is 28.1 Å². The number of rotatable bonds is 3. The van der Waals surface area contributed by atoms with E-state index < -0.39 is 0 Å². The molecule has 15 heavy (non-hydrogen) atoms. The fourth-order valence-electron chi connectivity index (χ4n) is 2.27. The number of benzene rings is 1. The first-order chi connectivity index (χ1) is 7.25. The van der Waals surface area contributed by atoms with Crippen LogP contribution < -0.4 is 0 Å². The van der Waals surface area contributed by atoms with Crippen LogP contribution in [0.25, 0.3) is 0 Å². The summed E-state index contributed by atoms with van der Waals surface area (Å²) < 4.78 is 1.17. The molecule has 2 heteroatoms. The molecule has 1 heterocycles.